The second-order valence-corrected chi connectivity index (χ2v) is 23.8. The van der Waals surface area contributed by atoms with E-state index in [1.165, 1.54) is 144 Å². The maximum absolute atomic E-state index is 2.62. The third kappa shape index (κ3) is 7.16. The lowest BCUT2D eigenvalue weighted by atomic mass is 9.65. The van der Waals surface area contributed by atoms with Crippen molar-refractivity contribution in [3.8, 4) is 33.4 Å². The molecule has 0 saturated heterocycles. The molecule has 0 amide bonds. The Hall–Kier alpha value is -9.76. The van der Waals surface area contributed by atoms with Gasteiger partial charge in [-0.25, -0.2) is 0 Å². The normalized spacial score (nSPS) is 16.0. The van der Waals surface area contributed by atoms with E-state index in [1.54, 1.807) is 0 Å². The Labute approximate surface area is 493 Å². The maximum Gasteiger partial charge on any atom is 0.0713 e. The lowest BCUT2D eigenvalue weighted by Crippen LogP contribution is -2.30. The highest BCUT2D eigenvalue weighted by molar-refractivity contribution is 6.23. The molecular formula is C82H62N2. The molecular weight excluding hydrogens is 1010 g/mol. The van der Waals surface area contributed by atoms with Gasteiger partial charge in [-0.15, -0.1) is 0 Å². The van der Waals surface area contributed by atoms with Crippen LogP contribution in [0.4, 0.5) is 22.7 Å². The second-order valence-electron chi connectivity index (χ2n) is 23.8. The molecule has 0 saturated carbocycles. The minimum Gasteiger partial charge on any atom is -0.341 e. The quantitative estimate of drug-likeness (QED) is 0.140. The molecule has 84 heavy (non-hydrogen) atoms. The second kappa shape index (κ2) is 19.4. The summed E-state index contributed by atoms with van der Waals surface area (Å²) in [5.41, 5.74) is 27.8. The average molecular weight is 1080 g/mol. The van der Waals surface area contributed by atoms with Gasteiger partial charge in [-0.1, -0.05) is 231 Å². The van der Waals surface area contributed by atoms with E-state index < -0.39 is 10.8 Å². The van der Waals surface area contributed by atoms with E-state index in [1.807, 2.05) is 0 Å². The van der Waals surface area contributed by atoms with Crippen LogP contribution in [0.2, 0.25) is 0 Å². The van der Waals surface area contributed by atoms with E-state index in [0.717, 1.165) is 51.6 Å². The highest BCUT2D eigenvalue weighted by Crippen LogP contribution is 2.60. The van der Waals surface area contributed by atoms with Gasteiger partial charge in [0.25, 0.3) is 0 Å². The first kappa shape index (κ1) is 48.9. The lowest BCUT2D eigenvalue weighted by molar-refractivity contribution is 0.697. The first-order valence-electron chi connectivity index (χ1n) is 30.4. The van der Waals surface area contributed by atoms with Gasteiger partial charge in [0, 0.05) is 35.8 Å². The molecule has 400 valence electrons. The van der Waals surface area contributed by atoms with Crippen molar-refractivity contribution in [2.75, 3.05) is 22.9 Å². The van der Waals surface area contributed by atoms with Crippen LogP contribution in [0.5, 0.6) is 0 Å². The van der Waals surface area contributed by atoms with E-state index in [0.29, 0.717) is 0 Å². The van der Waals surface area contributed by atoms with Crippen LogP contribution in [0, 0.1) is 0 Å². The van der Waals surface area contributed by atoms with Crippen molar-refractivity contribution in [3.63, 3.8) is 0 Å². The number of rotatable bonds is 8. The number of hydrogen-bond donors (Lipinski definition) is 0. The fourth-order valence-corrected chi connectivity index (χ4v) is 16.3. The first-order chi connectivity index (χ1) is 41.7. The predicted octanol–water partition coefficient (Wildman–Crippen LogP) is 20.3. The Balaban J connectivity index is 0.991. The fraction of sp³-hybridized carbons (Fsp3) is 0.122. The Morgan fingerprint density at radius 3 is 1.30 bits per heavy atom. The van der Waals surface area contributed by atoms with Crippen LogP contribution in [-0.4, -0.2) is 13.1 Å². The molecule has 2 heteroatoms. The van der Waals surface area contributed by atoms with E-state index in [4.69, 9.17) is 0 Å². The maximum atomic E-state index is 2.62. The van der Waals surface area contributed by atoms with Gasteiger partial charge in [-0.2, -0.15) is 0 Å². The zero-order chi connectivity index (χ0) is 55.3. The first-order valence-corrected chi connectivity index (χ1v) is 30.4. The Kier molecular flexibility index (Phi) is 11.3. The molecule has 0 fully saturated rings. The van der Waals surface area contributed by atoms with Crippen LogP contribution in [-0.2, 0) is 23.7 Å². The molecule has 2 aliphatic heterocycles. The van der Waals surface area contributed by atoms with Crippen molar-refractivity contribution in [2.24, 2.45) is 0 Å². The van der Waals surface area contributed by atoms with Crippen LogP contribution in [0.1, 0.15) is 81.3 Å². The predicted molar refractivity (Wildman–Crippen MR) is 351 cm³/mol. The molecule has 12 aromatic carbocycles. The van der Waals surface area contributed by atoms with Gasteiger partial charge in [0.2, 0.25) is 0 Å². The van der Waals surface area contributed by atoms with E-state index >= 15 is 0 Å². The zero-order valence-corrected chi connectivity index (χ0v) is 47.1. The monoisotopic (exact) mass is 1070 g/mol. The molecule has 0 unspecified atom stereocenters. The topological polar surface area (TPSA) is 6.48 Å². The highest BCUT2D eigenvalue weighted by atomic mass is 15.1. The van der Waals surface area contributed by atoms with Gasteiger partial charge >= 0.3 is 0 Å². The van der Waals surface area contributed by atoms with Gasteiger partial charge in [0.05, 0.1) is 10.8 Å². The van der Waals surface area contributed by atoms with Gasteiger partial charge in [0.15, 0.2) is 0 Å². The Bertz CT molecular complexity index is 4590. The summed E-state index contributed by atoms with van der Waals surface area (Å²) in [5.74, 6) is 0. The standard InChI is InChI=1S/C82H62N2/c1-5-27-59(28-6-1)81(60-29-7-2-8-30-60)73-37-17-15-35-65(73)67-45-41-57(51-75(67)81)79-69-47-43-64(84-50-22-26-56-24-14-20-40-78(56)84)54-72(69)80(70-48-44-63(53-71(70)79)83-49-21-25-55-23-13-19-39-77(55)83)58-42-46-68-66-36-16-18-38-74(66)82(76(68)52-58,61-31-9-3-10-32-61)62-33-11-4-12-34-62/h1-17,19-20,23-24,27-37,39-48,51-54H,18,21-22,25-26,38,49-50H2. The van der Waals surface area contributed by atoms with E-state index in [-0.39, 0.29) is 0 Å². The molecule has 2 nitrogen and oxygen atoms in total. The summed E-state index contributed by atoms with van der Waals surface area (Å²) in [6, 6.07) is 103. The largest absolute Gasteiger partial charge is 0.341 e. The van der Waals surface area contributed by atoms with Gasteiger partial charge < -0.3 is 9.80 Å². The van der Waals surface area contributed by atoms with Crippen molar-refractivity contribution in [3.05, 3.63) is 340 Å². The molecule has 0 N–H and O–H groups in total. The van der Waals surface area contributed by atoms with Gasteiger partial charge in [0.1, 0.15) is 0 Å². The molecule has 0 bridgehead atoms. The van der Waals surface area contributed by atoms with Crippen LogP contribution in [0.25, 0.3) is 60.5 Å². The Morgan fingerprint density at radius 1 is 0.321 bits per heavy atom. The molecule has 0 atom stereocenters. The van der Waals surface area contributed by atoms with Crippen molar-refractivity contribution >= 4 is 49.9 Å². The van der Waals surface area contributed by atoms with E-state index in [9.17, 15) is 0 Å². The molecule has 2 heterocycles. The van der Waals surface area contributed by atoms with Gasteiger partial charge in [-0.3, -0.25) is 0 Å². The van der Waals surface area contributed by atoms with E-state index in [2.05, 4.69) is 289 Å². The third-order valence-electron chi connectivity index (χ3n) is 19.7. The number of aryl methyl sites for hydroxylation is 2. The number of allylic oxidation sites excluding steroid dienone is 4. The summed E-state index contributed by atoms with van der Waals surface area (Å²) in [5, 5.41) is 5.02. The number of anilines is 4. The number of fused-ring (bicyclic) bond motifs is 9. The molecule has 0 spiro atoms. The van der Waals surface area contributed by atoms with Crippen molar-refractivity contribution < 1.29 is 0 Å². The van der Waals surface area contributed by atoms with Crippen molar-refractivity contribution in [2.45, 2.75) is 49.4 Å². The minimum absolute atomic E-state index is 0.469. The highest BCUT2D eigenvalue weighted by Gasteiger charge is 2.49. The van der Waals surface area contributed by atoms with Crippen LogP contribution >= 0.6 is 0 Å². The molecule has 17 rings (SSSR count). The molecule has 0 aromatic heterocycles. The molecule has 3 aliphatic carbocycles. The van der Waals surface area contributed by atoms with Crippen LogP contribution in [0.15, 0.2) is 285 Å². The number of hydrogen-bond acceptors (Lipinski definition) is 2. The zero-order valence-electron chi connectivity index (χ0n) is 47.1. The summed E-state index contributed by atoms with van der Waals surface area (Å²) < 4.78 is 0. The third-order valence-corrected chi connectivity index (χ3v) is 19.7. The SMILES string of the molecule is C1=CC2=C(CC1)C(c1ccccc1)(c1ccccc1)c1cc(-c3c4ccc(N5CCCc6ccccc65)cc4c(-c4ccc5c(c4)C(c4ccccc4)(c4ccccc4)c4ccccc4-5)c4ccc(N5CCCc6ccccc65)cc34)ccc12. The fourth-order valence-electron chi connectivity index (χ4n) is 16.3. The van der Waals surface area contributed by atoms with Gasteiger partial charge in [-0.05, 0) is 209 Å². The number of benzene rings is 12. The number of para-hydroxylation sites is 2. The van der Waals surface area contributed by atoms with Crippen molar-refractivity contribution in [1.82, 2.24) is 0 Å². The summed E-state index contributed by atoms with van der Waals surface area (Å²) in [6.45, 7) is 1.93. The smallest absolute Gasteiger partial charge is 0.0713 e. The summed E-state index contributed by atoms with van der Waals surface area (Å²) in [4.78, 5) is 5.18. The van der Waals surface area contributed by atoms with Crippen molar-refractivity contribution in [1.29, 1.82) is 0 Å². The summed E-state index contributed by atoms with van der Waals surface area (Å²) in [7, 11) is 0. The van der Waals surface area contributed by atoms with Crippen LogP contribution < -0.4 is 9.80 Å². The Morgan fingerprint density at radius 2 is 0.762 bits per heavy atom. The molecule has 5 aliphatic rings. The number of nitrogens with zero attached hydrogens (tertiary/aromatic N) is 2. The average Bonchev–Trinajstić information content (AvgIpc) is 2.30. The summed E-state index contributed by atoms with van der Waals surface area (Å²) >= 11 is 0. The summed E-state index contributed by atoms with van der Waals surface area (Å²) in [6.07, 6.45) is 11.2. The lowest BCUT2D eigenvalue weighted by Gasteiger charge is -2.36. The minimum atomic E-state index is -0.551. The molecule has 12 aromatic rings. The van der Waals surface area contributed by atoms with Crippen LogP contribution in [0.3, 0.4) is 0 Å². The molecule has 0 radical (unpaired) electrons.